The molecular formula is C20H18N2O. The second-order valence-electron chi connectivity index (χ2n) is 5.21. The Morgan fingerprint density at radius 2 is 1.26 bits per heavy atom. The fraction of sp³-hybridized carbons (Fsp3) is 0.0500. The molecule has 0 fully saturated rings. The molecule has 3 aromatic carbocycles. The van der Waals surface area contributed by atoms with E-state index in [1.807, 2.05) is 91.0 Å². The predicted octanol–water partition coefficient (Wildman–Crippen LogP) is 4.72. The van der Waals surface area contributed by atoms with Crippen molar-refractivity contribution in [1.29, 1.82) is 0 Å². The first-order valence-corrected chi connectivity index (χ1v) is 7.52. The molecule has 1 unspecified atom stereocenters. The van der Waals surface area contributed by atoms with Crippen molar-refractivity contribution < 1.29 is 5.21 Å². The molecule has 1 atom stereocenters. The molecule has 0 aliphatic carbocycles. The number of hydrogen-bond donors (Lipinski definition) is 2. The van der Waals surface area contributed by atoms with Gasteiger partial charge in [-0.25, -0.2) is 0 Å². The summed E-state index contributed by atoms with van der Waals surface area (Å²) in [6.07, 6.45) is 0. The Bertz CT molecular complexity index is 755. The number of nitrogens with zero attached hydrogens (tertiary/aromatic N) is 1. The Balaban J connectivity index is 2.01. The largest absolute Gasteiger partial charge is 0.411 e. The van der Waals surface area contributed by atoms with Crippen LogP contribution in [0.25, 0.3) is 0 Å². The van der Waals surface area contributed by atoms with Crippen molar-refractivity contribution in [2.24, 2.45) is 5.16 Å². The number of oxime groups is 1. The maximum absolute atomic E-state index is 9.64. The van der Waals surface area contributed by atoms with E-state index in [2.05, 4.69) is 10.5 Å². The van der Waals surface area contributed by atoms with Gasteiger partial charge in [-0.15, -0.1) is 0 Å². The maximum atomic E-state index is 9.64. The zero-order chi connectivity index (χ0) is 15.9. The van der Waals surface area contributed by atoms with Crippen molar-refractivity contribution in [3.8, 4) is 0 Å². The molecule has 0 saturated carbocycles. The molecule has 0 aromatic heterocycles. The minimum Gasteiger partial charge on any atom is -0.411 e. The van der Waals surface area contributed by atoms with E-state index in [0.29, 0.717) is 5.71 Å². The molecular weight excluding hydrogens is 284 g/mol. The number of anilines is 1. The summed E-state index contributed by atoms with van der Waals surface area (Å²) in [5.74, 6) is 0. The van der Waals surface area contributed by atoms with Gasteiger partial charge in [0.05, 0.1) is 6.04 Å². The van der Waals surface area contributed by atoms with Gasteiger partial charge in [0.2, 0.25) is 0 Å². The van der Waals surface area contributed by atoms with Gasteiger partial charge in [-0.05, 0) is 17.7 Å². The SMILES string of the molecule is O/N=C(\c1ccccc1)C(Nc1ccccc1)c1ccccc1. The van der Waals surface area contributed by atoms with Crippen LogP contribution in [0.15, 0.2) is 96.2 Å². The highest BCUT2D eigenvalue weighted by Gasteiger charge is 2.20. The molecule has 0 aliphatic rings. The van der Waals surface area contributed by atoms with E-state index >= 15 is 0 Å². The third kappa shape index (κ3) is 3.58. The van der Waals surface area contributed by atoms with E-state index in [9.17, 15) is 5.21 Å². The van der Waals surface area contributed by atoms with Crippen molar-refractivity contribution in [2.75, 3.05) is 5.32 Å². The van der Waals surface area contributed by atoms with Gasteiger partial charge in [0, 0.05) is 11.3 Å². The molecule has 114 valence electrons. The van der Waals surface area contributed by atoms with Crippen LogP contribution < -0.4 is 5.32 Å². The van der Waals surface area contributed by atoms with Crippen LogP contribution in [0.5, 0.6) is 0 Å². The summed E-state index contributed by atoms with van der Waals surface area (Å²) in [7, 11) is 0. The average molecular weight is 302 g/mol. The molecule has 0 spiro atoms. The van der Waals surface area contributed by atoms with Gasteiger partial charge in [0.25, 0.3) is 0 Å². The summed E-state index contributed by atoms with van der Waals surface area (Å²) in [6.45, 7) is 0. The molecule has 0 heterocycles. The Kier molecular flexibility index (Phi) is 4.69. The Labute approximate surface area is 135 Å². The summed E-state index contributed by atoms with van der Waals surface area (Å²) in [6, 6.07) is 29.4. The van der Waals surface area contributed by atoms with Crippen molar-refractivity contribution >= 4 is 11.4 Å². The molecule has 23 heavy (non-hydrogen) atoms. The van der Waals surface area contributed by atoms with Crippen LogP contribution in [0.3, 0.4) is 0 Å². The van der Waals surface area contributed by atoms with Crippen molar-refractivity contribution in [3.05, 3.63) is 102 Å². The van der Waals surface area contributed by atoms with Gasteiger partial charge in [0.15, 0.2) is 0 Å². The molecule has 3 rings (SSSR count). The Morgan fingerprint density at radius 3 is 1.83 bits per heavy atom. The third-order valence-electron chi connectivity index (χ3n) is 3.67. The number of para-hydroxylation sites is 1. The summed E-state index contributed by atoms with van der Waals surface area (Å²) in [5, 5.41) is 16.7. The van der Waals surface area contributed by atoms with E-state index < -0.39 is 0 Å². The van der Waals surface area contributed by atoms with Crippen LogP contribution in [0, 0.1) is 0 Å². The molecule has 3 aromatic rings. The average Bonchev–Trinajstić information content (AvgIpc) is 2.64. The van der Waals surface area contributed by atoms with Gasteiger partial charge in [-0.1, -0.05) is 84.0 Å². The summed E-state index contributed by atoms with van der Waals surface area (Å²) in [5.41, 5.74) is 3.47. The van der Waals surface area contributed by atoms with E-state index in [1.165, 1.54) is 0 Å². The molecule has 2 N–H and O–H groups in total. The maximum Gasteiger partial charge on any atom is 0.114 e. The highest BCUT2D eigenvalue weighted by molar-refractivity contribution is 6.05. The van der Waals surface area contributed by atoms with Gasteiger partial charge in [-0.3, -0.25) is 0 Å². The third-order valence-corrected chi connectivity index (χ3v) is 3.67. The quantitative estimate of drug-likeness (QED) is 0.407. The predicted molar refractivity (Wildman–Crippen MR) is 94.0 cm³/mol. The Morgan fingerprint density at radius 1 is 0.739 bits per heavy atom. The van der Waals surface area contributed by atoms with Crippen LogP contribution in [0.4, 0.5) is 5.69 Å². The topological polar surface area (TPSA) is 44.6 Å². The van der Waals surface area contributed by atoms with Crippen molar-refractivity contribution in [2.45, 2.75) is 6.04 Å². The zero-order valence-corrected chi connectivity index (χ0v) is 12.6. The fourth-order valence-electron chi connectivity index (χ4n) is 2.55. The molecule has 0 bridgehead atoms. The number of hydrogen-bond acceptors (Lipinski definition) is 3. The second-order valence-corrected chi connectivity index (χ2v) is 5.21. The van der Waals surface area contributed by atoms with Crippen LogP contribution in [0.1, 0.15) is 17.2 Å². The number of nitrogens with one attached hydrogen (secondary N) is 1. The first-order valence-electron chi connectivity index (χ1n) is 7.52. The monoisotopic (exact) mass is 302 g/mol. The minimum atomic E-state index is -0.244. The molecule has 3 heteroatoms. The first-order chi connectivity index (χ1) is 11.4. The van der Waals surface area contributed by atoms with E-state index in [-0.39, 0.29) is 6.04 Å². The summed E-state index contributed by atoms with van der Waals surface area (Å²) >= 11 is 0. The van der Waals surface area contributed by atoms with Gasteiger partial charge in [-0.2, -0.15) is 0 Å². The normalized spacial score (nSPS) is 12.6. The van der Waals surface area contributed by atoms with Crippen LogP contribution in [0.2, 0.25) is 0 Å². The zero-order valence-electron chi connectivity index (χ0n) is 12.6. The van der Waals surface area contributed by atoms with E-state index in [4.69, 9.17) is 0 Å². The first kappa shape index (κ1) is 14.9. The van der Waals surface area contributed by atoms with Crippen LogP contribution >= 0.6 is 0 Å². The highest BCUT2D eigenvalue weighted by atomic mass is 16.4. The highest BCUT2D eigenvalue weighted by Crippen LogP contribution is 2.24. The molecule has 0 amide bonds. The molecule has 0 radical (unpaired) electrons. The summed E-state index contributed by atoms with van der Waals surface area (Å²) < 4.78 is 0. The van der Waals surface area contributed by atoms with Crippen LogP contribution in [-0.4, -0.2) is 10.9 Å². The lowest BCUT2D eigenvalue weighted by Crippen LogP contribution is -2.22. The minimum absolute atomic E-state index is 0.244. The lowest BCUT2D eigenvalue weighted by Gasteiger charge is -2.21. The fourth-order valence-corrected chi connectivity index (χ4v) is 2.55. The standard InChI is InChI=1S/C20H18N2O/c23-22-20(17-12-6-2-7-13-17)19(16-10-4-1-5-11-16)21-18-14-8-3-9-15-18/h1-15,19,21,23H/b22-20+. The van der Waals surface area contributed by atoms with Crippen LogP contribution in [-0.2, 0) is 0 Å². The van der Waals surface area contributed by atoms with Crippen molar-refractivity contribution in [1.82, 2.24) is 0 Å². The second kappa shape index (κ2) is 7.27. The molecule has 0 aliphatic heterocycles. The lowest BCUT2D eigenvalue weighted by molar-refractivity contribution is 0.317. The van der Waals surface area contributed by atoms with Gasteiger partial charge in [0.1, 0.15) is 5.71 Å². The molecule has 3 nitrogen and oxygen atoms in total. The van der Waals surface area contributed by atoms with E-state index in [0.717, 1.165) is 16.8 Å². The molecule has 0 saturated heterocycles. The smallest absolute Gasteiger partial charge is 0.114 e. The Hall–Kier alpha value is -3.07. The number of rotatable bonds is 5. The van der Waals surface area contributed by atoms with Crippen molar-refractivity contribution in [3.63, 3.8) is 0 Å². The lowest BCUT2D eigenvalue weighted by atomic mass is 9.96. The number of benzene rings is 3. The van der Waals surface area contributed by atoms with E-state index in [1.54, 1.807) is 0 Å². The van der Waals surface area contributed by atoms with Gasteiger partial charge < -0.3 is 10.5 Å². The van der Waals surface area contributed by atoms with Gasteiger partial charge >= 0.3 is 0 Å². The summed E-state index contributed by atoms with van der Waals surface area (Å²) in [4.78, 5) is 0.